The van der Waals surface area contributed by atoms with Crippen molar-refractivity contribution in [1.82, 2.24) is 0 Å². The van der Waals surface area contributed by atoms with E-state index < -0.39 is 0 Å². The molecule has 0 aromatic heterocycles. The van der Waals surface area contributed by atoms with Crippen molar-refractivity contribution in [3.05, 3.63) is 34.9 Å². The second-order valence-corrected chi connectivity index (χ2v) is 4.77. The predicted octanol–water partition coefficient (Wildman–Crippen LogP) is 1.80. The summed E-state index contributed by atoms with van der Waals surface area (Å²) in [5.41, 5.74) is 9.33. The minimum absolute atomic E-state index is 0.135. The lowest BCUT2D eigenvalue weighted by molar-refractivity contribution is 0.149. The number of aliphatic hydroxyl groups is 1. The number of aryl methyl sites for hydroxylation is 2. The summed E-state index contributed by atoms with van der Waals surface area (Å²) in [6, 6.07) is 6.42. The molecule has 1 aromatic rings. The van der Waals surface area contributed by atoms with Gasteiger partial charge in [-0.2, -0.15) is 0 Å². The molecule has 0 fully saturated rings. The Morgan fingerprint density at radius 3 is 2.40 bits per heavy atom. The molecule has 0 heterocycles. The maximum absolute atomic E-state index is 9.29. The second-order valence-electron chi connectivity index (χ2n) is 4.77. The largest absolute Gasteiger partial charge is 0.396 e. The monoisotopic (exact) mass is 207 g/mol. The molecule has 0 saturated carbocycles. The van der Waals surface area contributed by atoms with E-state index in [9.17, 15) is 5.11 Å². The van der Waals surface area contributed by atoms with Gasteiger partial charge in [0.2, 0.25) is 0 Å². The zero-order valence-corrected chi connectivity index (χ0v) is 9.88. The molecule has 0 aliphatic carbocycles. The van der Waals surface area contributed by atoms with Gasteiger partial charge in [-0.3, -0.25) is 0 Å². The third-order valence-electron chi connectivity index (χ3n) is 3.08. The molecule has 1 aromatic carbocycles. The first kappa shape index (κ1) is 12.2. The highest BCUT2D eigenvalue weighted by Gasteiger charge is 2.21. The van der Waals surface area contributed by atoms with Crippen molar-refractivity contribution >= 4 is 0 Å². The minimum Gasteiger partial charge on any atom is -0.396 e. The summed E-state index contributed by atoms with van der Waals surface area (Å²) in [6.07, 6.45) is 0.834. The number of hydrogen-bond acceptors (Lipinski definition) is 2. The van der Waals surface area contributed by atoms with Crippen molar-refractivity contribution in [3.63, 3.8) is 0 Å². The molecule has 3 N–H and O–H groups in total. The van der Waals surface area contributed by atoms with Crippen LogP contribution in [0.25, 0.3) is 0 Å². The summed E-state index contributed by atoms with van der Waals surface area (Å²) in [5.74, 6) is 0. The van der Waals surface area contributed by atoms with Crippen molar-refractivity contribution in [1.29, 1.82) is 0 Å². The van der Waals surface area contributed by atoms with Gasteiger partial charge >= 0.3 is 0 Å². The molecule has 0 saturated heterocycles. The zero-order valence-electron chi connectivity index (χ0n) is 9.88. The molecule has 0 aliphatic heterocycles. The number of benzene rings is 1. The third kappa shape index (κ3) is 3.05. The van der Waals surface area contributed by atoms with Crippen molar-refractivity contribution in [2.45, 2.75) is 27.2 Å². The Kier molecular flexibility index (Phi) is 3.89. The van der Waals surface area contributed by atoms with Gasteiger partial charge in [0.15, 0.2) is 0 Å². The van der Waals surface area contributed by atoms with E-state index in [1.807, 2.05) is 6.92 Å². The minimum atomic E-state index is -0.193. The van der Waals surface area contributed by atoms with Crippen molar-refractivity contribution < 1.29 is 5.11 Å². The maximum Gasteiger partial charge on any atom is 0.0500 e. The average molecular weight is 207 g/mol. The van der Waals surface area contributed by atoms with E-state index in [-0.39, 0.29) is 12.0 Å². The van der Waals surface area contributed by atoms with E-state index >= 15 is 0 Å². The van der Waals surface area contributed by atoms with Crippen molar-refractivity contribution in [2.24, 2.45) is 11.1 Å². The highest BCUT2D eigenvalue weighted by Crippen LogP contribution is 2.22. The van der Waals surface area contributed by atoms with Crippen LogP contribution in [0.4, 0.5) is 0 Å². The van der Waals surface area contributed by atoms with Crippen LogP contribution in [0.3, 0.4) is 0 Å². The predicted molar refractivity (Wildman–Crippen MR) is 63.9 cm³/mol. The van der Waals surface area contributed by atoms with E-state index in [4.69, 9.17) is 5.73 Å². The summed E-state index contributed by atoms with van der Waals surface area (Å²) >= 11 is 0. The van der Waals surface area contributed by atoms with E-state index in [1.165, 1.54) is 16.7 Å². The molecule has 0 aliphatic rings. The Morgan fingerprint density at radius 1 is 1.27 bits per heavy atom. The first-order valence-electron chi connectivity index (χ1n) is 5.38. The van der Waals surface area contributed by atoms with Gasteiger partial charge in [-0.05, 0) is 37.0 Å². The second kappa shape index (κ2) is 4.77. The molecule has 2 nitrogen and oxygen atoms in total. The number of hydrogen-bond donors (Lipinski definition) is 2. The molecular formula is C13H21NO. The SMILES string of the molecule is Cc1ccc(CC(C)(CN)CO)cc1C. The third-order valence-corrected chi connectivity index (χ3v) is 3.08. The lowest BCUT2D eigenvalue weighted by Crippen LogP contribution is -2.33. The molecule has 2 heteroatoms. The van der Waals surface area contributed by atoms with Crippen LogP contribution in [0.1, 0.15) is 23.6 Å². The summed E-state index contributed by atoms with van der Waals surface area (Å²) < 4.78 is 0. The highest BCUT2D eigenvalue weighted by molar-refractivity contribution is 5.30. The summed E-state index contributed by atoms with van der Waals surface area (Å²) in [7, 11) is 0. The summed E-state index contributed by atoms with van der Waals surface area (Å²) in [4.78, 5) is 0. The lowest BCUT2D eigenvalue weighted by atomic mass is 9.84. The van der Waals surface area contributed by atoms with Crippen LogP contribution < -0.4 is 5.73 Å². The van der Waals surface area contributed by atoms with Gasteiger partial charge in [0.05, 0.1) is 0 Å². The fourth-order valence-electron chi connectivity index (χ4n) is 1.60. The standard InChI is InChI=1S/C13H21NO/c1-10-4-5-12(6-11(10)2)7-13(3,8-14)9-15/h4-6,15H,7-9,14H2,1-3H3. The Bertz CT molecular complexity index is 329. The van der Waals surface area contributed by atoms with Gasteiger partial charge in [-0.25, -0.2) is 0 Å². The van der Waals surface area contributed by atoms with Crippen LogP contribution in [0.5, 0.6) is 0 Å². The Morgan fingerprint density at radius 2 is 1.93 bits per heavy atom. The average Bonchev–Trinajstić information content (AvgIpc) is 2.23. The van der Waals surface area contributed by atoms with Gasteiger partial charge in [-0.1, -0.05) is 25.1 Å². The fraction of sp³-hybridized carbons (Fsp3) is 0.538. The van der Waals surface area contributed by atoms with Gasteiger partial charge < -0.3 is 10.8 Å². The topological polar surface area (TPSA) is 46.2 Å². The normalized spacial score (nSPS) is 15.0. The molecule has 15 heavy (non-hydrogen) atoms. The van der Waals surface area contributed by atoms with Gasteiger partial charge in [0.1, 0.15) is 0 Å². The Hall–Kier alpha value is -0.860. The molecule has 1 rings (SSSR count). The molecule has 0 radical (unpaired) electrons. The van der Waals surface area contributed by atoms with Crippen LogP contribution in [-0.4, -0.2) is 18.3 Å². The summed E-state index contributed by atoms with van der Waals surface area (Å²) in [5, 5.41) is 9.29. The Balaban J connectivity index is 2.85. The number of aliphatic hydroxyl groups excluding tert-OH is 1. The maximum atomic E-state index is 9.29. The van der Waals surface area contributed by atoms with Crippen molar-refractivity contribution in [2.75, 3.05) is 13.2 Å². The zero-order chi connectivity index (χ0) is 11.5. The van der Waals surface area contributed by atoms with Crippen LogP contribution in [0, 0.1) is 19.3 Å². The fourth-order valence-corrected chi connectivity index (χ4v) is 1.60. The van der Waals surface area contributed by atoms with Crippen LogP contribution in [0.15, 0.2) is 18.2 Å². The Labute approximate surface area is 92.1 Å². The van der Waals surface area contributed by atoms with Crippen LogP contribution >= 0.6 is 0 Å². The molecule has 1 unspecified atom stereocenters. The molecule has 0 spiro atoms. The molecule has 1 atom stereocenters. The van der Waals surface area contributed by atoms with E-state index in [0.717, 1.165) is 6.42 Å². The van der Waals surface area contributed by atoms with Crippen LogP contribution in [0.2, 0.25) is 0 Å². The van der Waals surface area contributed by atoms with E-state index in [1.54, 1.807) is 0 Å². The smallest absolute Gasteiger partial charge is 0.0500 e. The molecular weight excluding hydrogens is 186 g/mol. The first-order valence-corrected chi connectivity index (χ1v) is 5.38. The molecule has 0 amide bonds. The van der Waals surface area contributed by atoms with Gasteiger partial charge in [-0.15, -0.1) is 0 Å². The molecule has 0 bridgehead atoms. The van der Waals surface area contributed by atoms with E-state index in [2.05, 4.69) is 32.0 Å². The van der Waals surface area contributed by atoms with Crippen molar-refractivity contribution in [3.8, 4) is 0 Å². The van der Waals surface area contributed by atoms with E-state index in [0.29, 0.717) is 6.54 Å². The number of nitrogens with two attached hydrogens (primary N) is 1. The molecule has 84 valence electrons. The lowest BCUT2D eigenvalue weighted by Gasteiger charge is -2.25. The van der Waals surface area contributed by atoms with Gasteiger partial charge in [0, 0.05) is 18.6 Å². The quantitative estimate of drug-likeness (QED) is 0.791. The van der Waals surface area contributed by atoms with Crippen LogP contribution in [-0.2, 0) is 6.42 Å². The highest BCUT2D eigenvalue weighted by atomic mass is 16.3. The number of rotatable bonds is 4. The van der Waals surface area contributed by atoms with Gasteiger partial charge in [0.25, 0.3) is 0 Å². The summed E-state index contributed by atoms with van der Waals surface area (Å²) in [6.45, 7) is 6.87. The first-order chi connectivity index (χ1) is 7.00.